The van der Waals surface area contributed by atoms with Gasteiger partial charge in [0.05, 0.1) is 16.8 Å². The molecule has 0 aliphatic rings. The standard InChI is InChI=1S/C22H14F6INO/c23-21(24,25)14-9-7-13(8-10-14)16(12-19(31)15-4-1-2-6-18(15)29)20-17(22(26,27)28)5-3-11-30-20/h1-11,16H,12H2/t16-/m0/s1. The van der Waals surface area contributed by atoms with Crippen molar-refractivity contribution in [2.24, 2.45) is 0 Å². The van der Waals surface area contributed by atoms with E-state index in [2.05, 4.69) is 4.98 Å². The van der Waals surface area contributed by atoms with Crippen molar-refractivity contribution in [2.45, 2.75) is 24.7 Å². The summed E-state index contributed by atoms with van der Waals surface area (Å²) in [5.74, 6) is -1.61. The second kappa shape index (κ2) is 8.97. The summed E-state index contributed by atoms with van der Waals surface area (Å²) in [4.78, 5) is 16.8. The molecule has 0 N–H and O–H groups in total. The Morgan fingerprint density at radius 3 is 2.10 bits per heavy atom. The maximum absolute atomic E-state index is 13.6. The Balaban J connectivity index is 2.09. The van der Waals surface area contributed by atoms with Gasteiger partial charge in [-0.3, -0.25) is 9.78 Å². The van der Waals surface area contributed by atoms with Gasteiger partial charge in [-0.2, -0.15) is 26.3 Å². The van der Waals surface area contributed by atoms with Gasteiger partial charge in [-0.15, -0.1) is 0 Å². The molecule has 0 bridgehead atoms. The predicted octanol–water partition coefficient (Wildman–Crippen LogP) is 7.13. The van der Waals surface area contributed by atoms with Gasteiger partial charge in [0.1, 0.15) is 0 Å². The van der Waals surface area contributed by atoms with Crippen molar-refractivity contribution in [1.82, 2.24) is 4.98 Å². The minimum atomic E-state index is -4.74. The molecule has 0 aliphatic carbocycles. The SMILES string of the molecule is O=C(C[C@@H](c1ccc(C(F)(F)F)cc1)c1ncccc1C(F)(F)F)c1ccccc1I. The van der Waals surface area contributed by atoms with Crippen LogP contribution in [0.3, 0.4) is 0 Å². The quantitative estimate of drug-likeness (QED) is 0.193. The average Bonchev–Trinajstić information content (AvgIpc) is 2.71. The fourth-order valence-corrected chi connectivity index (χ4v) is 3.88. The molecule has 0 unspecified atom stereocenters. The Hall–Kier alpha value is -2.43. The first-order chi connectivity index (χ1) is 14.5. The number of hydrogen-bond donors (Lipinski definition) is 0. The summed E-state index contributed by atoms with van der Waals surface area (Å²) in [6.45, 7) is 0. The zero-order valence-electron chi connectivity index (χ0n) is 15.6. The van der Waals surface area contributed by atoms with E-state index < -0.39 is 40.9 Å². The second-order valence-electron chi connectivity index (χ2n) is 6.71. The highest BCUT2D eigenvalue weighted by Crippen LogP contribution is 2.39. The third kappa shape index (κ3) is 5.44. The van der Waals surface area contributed by atoms with Gasteiger partial charge in [-0.1, -0.05) is 30.3 Å². The highest BCUT2D eigenvalue weighted by Gasteiger charge is 2.37. The maximum Gasteiger partial charge on any atom is 0.418 e. The largest absolute Gasteiger partial charge is 0.418 e. The van der Waals surface area contributed by atoms with Crippen LogP contribution in [0.5, 0.6) is 0 Å². The van der Waals surface area contributed by atoms with Crippen LogP contribution < -0.4 is 0 Å². The Morgan fingerprint density at radius 1 is 0.871 bits per heavy atom. The lowest BCUT2D eigenvalue weighted by molar-refractivity contribution is -0.139. The molecule has 9 heteroatoms. The van der Waals surface area contributed by atoms with Gasteiger partial charge >= 0.3 is 12.4 Å². The van der Waals surface area contributed by atoms with E-state index in [1.54, 1.807) is 24.3 Å². The van der Waals surface area contributed by atoms with Crippen molar-refractivity contribution in [2.75, 3.05) is 0 Å². The number of halogens is 7. The molecule has 1 aromatic heterocycles. The molecule has 2 nitrogen and oxygen atoms in total. The fourth-order valence-electron chi connectivity index (χ4n) is 3.19. The highest BCUT2D eigenvalue weighted by atomic mass is 127. The molecule has 0 saturated heterocycles. The third-order valence-electron chi connectivity index (χ3n) is 4.68. The summed E-state index contributed by atoms with van der Waals surface area (Å²) < 4.78 is 80.2. The van der Waals surface area contributed by atoms with Crippen molar-refractivity contribution in [1.29, 1.82) is 0 Å². The van der Waals surface area contributed by atoms with Gasteiger partial charge in [-0.05, 0) is 58.5 Å². The molecule has 162 valence electrons. The zero-order valence-corrected chi connectivity index (χ0v) is 17.8. The summed E-state index contributed by atoms with van der Waals surface area (Å²) in [6.07, 6.45) is -8.55. The molecule has 1 heterocycles. The fraction of sp³-hybridized carbons (Fsp3) is 0.182. The van der Waals surface area contributed by atoms with E-state index in [0.717, 1.165) is 36.4 Å². The second-order valence-corrected chi connectivity index (χ2v) is 7.88. The Morgan fingerprint density at radius 2 is 1.52 bits per heavy atom. The monoisotopic (exact) mass is 549 g/mol. The number of ketones is 1. The molecule has 31 heavy (non-hydrogen) atoms. The molecule has 2 aromatic carbocycles. The van der Waals surface area contributed by atoms with Crippen LogP contribution in [0.2, 0.25) is 0 Å². The lowest BCUT2D eigenvalue weighted by Crippen LogP contribution is -2.18. The van der Waals surface area contributed by atoms with Crippen molar-refractivity contribution in [3.05, 3.63) is 98.4 Å². The van der Waals surface area contributed by atoms with E-state index >= 15 is 0 Å². The normalized spacial score (nSPS) is 13.1. The Kier molecular flexibility index (Phi) is 6.73. The van der Waals surface area contributed by atoms with Crippen LogP contribution in [-0.2, 0) is 12.4 Å². The molecule has 3 rings (SSSR count). The smallest absolute Gasteiger partial charge is 0.294 e. The number of nitrogens with zero attached hydrogens (tertiary/aromatic N) is 1. The highest BCUT2D eigenvalue weighted by molar-refractivity contribution is 14.1. The minimum absolute atomic E-state index is 0.136. The molecule has 0 radical (unpaired) electrons. The van der Waals surface area contributed by atoms with Crippen molar-refractivity contribution in [3.63, 3.8) is 0 Å². The van der Waals surface area contributed by atoms with Crippen LogP contribution in [0, 0.1) is 3.57 Å². The van der Waals surface area contributed by atoms with Crippen LogP contribution >= 0.6 is 22.6 Å². The molecule has 0 amide bonds. The van der Waals surface area contributed by atoms with E-state index in [0.29, 0.717) is 9.13 Å². The van der Waals surface area contributed by atoms with Gasteiger partial charge in [0, 0.05) is 27.7 Å². The maximum atomic E-state index is 13.6. The van der Waals surface area contributed by atoms with Crippen molar-refractivity contribution in [3.8, 4) is 0 Å². The summed E-state index contributed by atoms with van der Waals surface area (Å²) >= 11 is 1.94. The first-order valence-corrected chi connectivity index (χ1v) is 10.0. The van der Waals surface area contributed by atoms with E-state index in [9.17, 15) is 31.1 Å². The summed E-state index contributed by atoms with van der Waals surface area (Å²) in [6, 6.07) is 12.3. The summed E-state index contributed by atoms with van der Waals surface area (Å²) in [5, 5.41) is 0. The molecule has 0 aliphatic heterocycles. The van der Waals surface area contributed by atoms with Crippen molar-refractivity contribution >= 4 is 28.4 Å². The van der Waals surface area contributed by atoms with Gasteiger partial charge < -0.3 is 0 Å². The first kappa shape index (κ1) is 23.2. The number of aromatic nitrogens is 1. The molecular weight excluding hydrogens is 535 g/mol. The van der Waals surface area contributed by atoms with Crippen LogP contribution in [0.1, 0.15) is 45.1 Å². The number of carbonyl (C=O) groups is 1. The average molecular weight is 549 g/mol. The third-order valence-corrected chi connectivity index (χ3v) is 5.62. The topological polar surface area (TPSA) is 30.0 Å². The van der Waals surface area contributed by atoms with E-state index in [1.807, 2.05) is 22.6 Å². The van der Waals surface area contributed by atoms with Crippen LogP contribution in [0.4, 0.5) is 26.3 Å². The number of hydrogen-bond acceptors (Lipinski definition) is 2. The Labute approximate surface area is 187 Å². The van der Waals surface area contributed by atoms with E-state index in [4.69, 9.17) is 0 Å². The van der Waals surface area contributed by atoms with Gasteiger partial charge in [0.2, 0.25) is 0 Å². The van der Waals surface area contributed by atoms with Crippen molar-refractivity contribution < 1.29 is 31.1 Å². The van der Waals surface area contributed by atoms with Gasteiger partial charge in [0.25, 0.3) is 0 Å². The molecule has 0 saturated carbocycles. The predicted molar refractivity (Wildman–Crippen MR) is 111 cm³/mol. The van der Waals surface area contributed by atoms with Gasteiger partial charge in [-0.25, -0.2) is 0 Å². The van der Waals surface area contributed by atoms with E-state index in [-0.39, 0.29) is 12.0 Å². The van der Waals surface area contributed by atoms with Gasteiger partial charge in [0.15, 0.2) is 5.78 Å². The van der Waals surface area contributed by atoms with Crippen LogP contribution in [0.25, 0.3) is 0 Å². The number of rotatable bonds is 5. The molecule has 1 atom stereocenters. The number of carbonyl (C=O) groups excluding carboxylic acids is 1. The minimum Gasteiger partial charge on any atom is -0.294 e. The Bertz CT molecular complexity index is 1080. The summed E-state index contributed by atoms with van der Waals surface area (Å²) in [7, 11) is 0. The number of alkyl halides is 6. The number of pyridine rings is 1. The van der Waals surface area contributed by atoms with Crippen LogP contribution in [-0.4, -0.2) is 10.8 Å². The molecule has 0 spiro atoms. The lowest BCUT2D eigenvalue weighted by Gasteiger charge is -2.21. The number of benzene rings is 2. The number of Topliss-reactive ketones (excluding diaryl/α,β-unsaturated/α-hetero) is 1. The zero-order chi connectivity index (χ0) is 22.8. The molecular formula is C22H14F6INO. The first-order valence-electron chi connectivity index (χ1n) is 8.95. The lowest BCUT2D eigenvalue weighted by atomic mass is 9.86. The van der Waals surface area contributed by atoms with E-state index in [1.165, 1.54) is 6.20 Å². The molecule has 0 fully saturated rings. The molecule has 3 aromatic rings. The summed E-state index contributed by atoms with van der Waals surface area (Å²) in [5.41, 5.74) is -1.92. The van der Waals surface area contributed by atoms with Crippen LogP contribution in [0.15, 0.2) is 66.9 Å².